The Bertz CT molecular complexity index is 726. The van der Waals surface area contributed by atoms with Gasteiger partial charge < -0.3 is 15.4 Å². The highest BCUT2D eigenvalue weighted by Gasteiger charge is 2.14. The molecule has 0 heterocycles. The summed E-state index contributed by atoms with van der Waals surface area (Å²) in [6.07, 6.45) is 0. The first kappa shape index (κ1) is 15.1. The molecule has 2 aromatic rings. The van der Waals surface area contributed by atoms with E-state index in [0.717, 1.165) is 5.69 Å². The third kappa shape index (κ3) is 3.09. The molecule has 0 spiro atoms. The van der Waals surface area contributed by atoms with E-state index < -0.39 is 5.82 Å². The second-order valence-electron chi connectivity index (χ2n) is 4.57. The standard InChI is InChI=1S/C15H13BrFN3O/c1-20(2)10-4-5-11(19)13(7-10)21-12-6-3-9(8-18)14(16)15(12)17/h3-7H,19H2,1-2H3. The highest BCUT2D eigenvalue weighted by molar-refractivity contribution is 9.10. The van der Waals surface area contributed by atoms with Crippen LogP contribution < -0.4 is 15.4 Å². The van der Waals surface area contributed by atoms with Crippen molar-refractivity contribution in [3.63, 3.8) is 0 Å². The van der Waals surface area contributed by atoms with Gasteiger partial charge in [0.05, 0.1) is 15.7 Å². The number of benzene rings is 2. The maximum Gasteiger partial charge on any atom is 0.181 e. The third-order valence-corrected chi connectivity index (χ3v) is 3.68. The monoisotopic (exact) mass is 349 g/mol. The Hall–Kier alpha value is -2.26. The van der Waals surface area contributed by atoms with Crippen LogP contribution in [0.3, 0.4) is 0 Å². The molecule has 0 aliphatic carbocycles. The number of rotatable bonds is 3. The summed E-state index contributed by atoms with van der Waals surface area (Å²) in [6.45, 7) is 0. The predicted molar refractivity (Wildman–Crippen MR) is 84.1 cm³/mol. The number of anilines is 2. The lowest BCUT2D eigenvalue weighted by atomic mass is 10.2. The zero-order valence-electron chi connectivity index (χ0n) is 11.5. The normalized spacial score (nSPS) is 10.0. The first-order valence-corrected chi connectivity index (χ1v) is 6.86. The topological polar surface area (TPSA) is 62.3 Å². The van der Waals surface area contributed by atoms with E-state index in [1.807, 2.05) is 31.1 Å². The van der Waals surface area contributed by atoms with E-state index in [1.54, 1.807) is 12.1 Å². The zero-order valence-corrected chi connectivity index (χ0v) is 13.1. The van der Waals surface area contributed by atoms with Crippen molar-refractivity contribution >= 4 is 27.3 Å². The molecular weight excluding hydrogens is 337 g/mol. The molecule has 2 aromatic carbocycles. The summed E-state index contributed by atoms with van der Waals surface area (Å²) >= 11 is 3.04. The fourth-order valence-electron chi connectivity index (χ4n) is 1.70. The molecule has 21 heavy (non-hydrogen) atoms. The molecule has 108 valence electrons. The number of nitrogen functional groups attached to an aromatic ring is 1. The molecule has 4 nitrogen and oxygen atoms in total. The van der Waals surface area contributed by atoms with Crippen molar-refractivity contribution in [2.24, 2.45) is 0 Å². The zero-order chi connectivity index (χ0) is 15.6. The SMILES string of the molecule is CN(C)c1ccc(N)c(Oc2ccc(C#N)c(Br)c2F)c1. The van der Waals surface area contributed by atoms with E-state index >= 15 is 0 Å². The van der Waals surface area contributed by atoms with Gasteiger partial charge in [-0.1, -0.05) is 0 Å². The van der Waals surface area contributed by atoms with Crippen molar-refractivity contribution in [3.8, 4) is 17.6 Å². The van der Waals surface area contributed by atoms with Crippen molar-refractivity contribution in [1.82, 2.24) is 0 Å². The van der Waals surface area contributed by atoms with E-state index in [1.165, 1.54) is 12.1 Å². The third-order valence-electron chi connectivity index (χ3n) is 2.90. The number of hydrogen-bond acceptors (Lipinski definition) is 4. The Morgan fingerprint density at radius 1 is 1.24 bits per heavy atom. The van der Waals surface area contributed by atoms with Gasteiger partial charge in [-0.15, -0.1) is 0 Å². The van der Waals surface area contributed by atoms with Crippen molar-refractivity contribution in [3.05, 3.63) is 46.2 Å². The molecule has 2 rings (SSSR count). The molecule has 0 aliphatic rings. The van der Waals surface area contributed by atoms with E-state index in [2.05, 4.69) is 15.9 Å². The lowest BCUT2D eigenvalue weighted by molar-refractivity contribution is 0.442. The first-order valence-electron chi connectivity index (χ1n) is 6.07. The molecule has 0 radical (unpaired) electrons. The van der Waals surface area contributed by atoms with Crippen LogP contribution in [0, 0.1) is 17.1 Å². The van der Waals surface area contributed by atoms with Gasteiger partial charge in [0.25, 0.3) is 0 Å². The Morgan fingerprint density at radius 2 is 1.95 bits per heavy atom. The maximum absolute atomic E-state index is 14.2. The lowest BCUT2D eigenvalue weighted by Gasteiger charge is -2.16. The van der Waals surface area contributed by atoms with Crippen molar-refractivity contribution < 1.29 is 9.13 Å². The minimum atomic E-state index is -0.635. The van der Waals surface area contributed by atoms with Crippen LogP contribution in [0.5, 0.6) is 11.5 Å². The van der Waals surface area contributed by atoms with Crippen LogP contribution in [0.4, 0.5) is 15.8 Å². The van der Waals surface area contributed by atoms with Crippen LogP contribution in [0.1, 0.15) is 5.56 Å². The van der Waals surface area contributed by atoms with Crippen molar-refractivity contribution in [2.75, 3.05) is 24.7 Å². The van der Waals surface area contributed by atoms with Gasteiger partial charge in [0, 0.05) is 25.8 Å². The number of nitrogens with zero attached hydrogens (tertiary/aromatic N) is 2. The van der Waals surface area contributed by atoms with Gasteiger partial charge in [-0.3, -0.25) is 0 Å². The quantitative estimate of drug-likeness (QED) is 0.853. The Kier molecular flexibility index (Phi) is 4.34. The second-order valence-corrected chi connectivity index (χ2v) is 5.36. The van der Waals surface area contributed by atoms with Crippen LogP contribution in [-0.2, 0) is 0 Å². The largest absolute Gasteiger partial charge is 0.452 e. The number of nitrogens with two attached hydrogens (primary N) is 1. The molecule has 0 aromatic heterocycles. The molecule has 6 heteroatoms. The minimum Gasteiger partial charge on any atom is -0.452 e. The molecule has 0 atom stereocenters. The van der Waals surface area contributed by atoms with Crippen molar-refractivity contribution in [1.29, 1.82) is 5.26 Å². The summed E-state index contributed by atoms with van der Waals surface area (Å²) in [4.78, 5) is 1.89. The van der Waals surface area contributed by atoms with Crippen LogP contribution >= 0.6 is 15.9 Å². The Labute approximate surface area is 130 Å². The van der Waals surface area contributed by atoms with Gasteiger partial charge in [0.15, 0.2) is 17.3 Å². The highest BCUT2D eigenvalue weighted by atomic mass is 79.9. The summed E-state index contributed by atoms with van der Waals surface area (Å²) in [5.74, 6) is -0.274. The summed E-state index contributed by atoms with van der Waals surface area (Å²) < 4.78 is 19.8. The van der Waals surface area contributed by atoms with E-state index in [4.69, 9.17) is 15.7 Å². The molecule has 0 amide bonds. The molecule has 0 unspecified atom stereocenters. The Balaban J connectivity index is 2.41. The second kappa shape index (κ2) is 6.02. The predicted octanol–water partition coefficient (Wildman–Crippen LogP) is 3.90. The van der Waals surface area contributed by atoms with Gasteiger partial charge in [0.2, 0.25) is 0 Å². The molecule has 0 saturated heterocycles. The first-order chi connectivity index (χ1) is 9.93. The fourth-order valence-corrected chi connectivity index (χ4v) is 2.12. The number of halogens is 2. The highest BCUT2D eigenvalue weighted by Crippen LogP contribution is 2.35. The maximum atomic E-state index is 14.2. The van der Waals surface area contributed by atoms with Crippen LogP contribution in [0.2, 0.25) is 0 Å². The summed E-state index contributed by atoms with van der Waals surface area (Å²) in [7, 11) is 3.77. The van der Waals surface area contributed by atoms with Gasteiger partial charge in [0.1, 0.15) is 6.07 Å². The minimum absolute atomic E-state index is 0.00322. The molecule has 0 aliphatic heterocycles. The molecule has 0 fully saturated rings. The van der Waals surface area contributed by atoms with E-state index in [-0.39, 0.29) is 15.8 Å². The van der Waals surface area contributed by atoms with Crippen LogP contribution in [0.25, 0.3) is 0 Å². The van der Waals surface area contributed by atoms with Gasteiger partial charge in [-0.05, 0) is 40.2 Å². The van der Waals surface area contributed by atoms with Gasteiger partial charge in [-0.2, -0.15) is 5.26 Å². The summed E-state index contributed by atoms with van der Waals surface area (Å²) in [6, 6.07) is 10.0. The van der Waals surface area contributed by atoms with Crippen molar-refractivity contribution in [2.45, 2.75) is 0 Å². The van der Waals surface area contributed by atoms with E-state index in [9.17, 15) is 4.39 Å². The number of nitriles is 1. The van der Waals surface area contributed by atoms with Crippen LogP contribution in [0.15, 0.2) is 34.8 Å². The molecule has 0 bridgehead atoms. The smallest absolute Gasteiger partial charge is 0.181 e. The molecule has 0 saturated carbocycles. The van der Waals surface area contributed by atoms with E-state index in [0.29, 0.717) is 11.4 Å². The number of hydrogen-bond donors (Lipinski definition) is 1. The number of ether oxygens (including phenoxy) is 1. The molecule has 2 N–H and O–H groups in total. The average Bonchev–Trinajstić information content (AvgIpc) is 2.46. The van der Waals surface area contributed by atoms with Crippen LogP contribution in [-0.4, -0.2) is 14.1 Å². The summed E-state index contributed by atoms with van der Waals surface area (Å²) in [5.41, 5.74) is 7.34. The Morgan fingerprint density at radius 3 is 2.57 bits per heavy atom. The summed E-state index contributed by atoms with van der Waals surface area (Å²) in [5, 5.41) is 8.85. The molecular formula is C15H13BrFN3O. The lowest BCUT2D eigenvalue weighted by Crippen LogP contribution is -2.08. The fraction of sp³-hybridized carbons (Fsp3) is 0.133. The van der Waals surface area contributed by atoms with Gasteiger partial charge in [-0.25, -0.2) is 4.39 Å². The average molecular weight is 350 g/mol. The van der Waals surface area contributed by atoms with Gasteiger partial charge >= 0.3 is 0 Å².